The van der Waals surface area contributed by atoms with Crippen LogP contribution in [0.15, 0.2) is 39.9 Å². The van der Waals surface area contributed by atoms with E-state index in [-0.39, 0.29) is 17.2 Å². The van der Waals surface area contributed by atoms with E-state index in [4.69, 9.17) is 0 Å². The third kappa shape index (κ3) is 2.84. The molecular formula is C12H10BrN3O2. The van der Waals surface area contributed by atoms with E-state index in [1.165, 1.54) is 6.20 Å². The van der Waals surface area contributed by atoms with Gasteiger partial charge >= 0.3 is 0 Å². The van der Waals surface area contributed by atoms with Gasteiger partial charge in [0.25, 0.3) is 11.5 Å². The number of aromatic nitrogens is 2. The quantitative estimate of drug-likeness (QED) is 0.892. The van der Waals surface area contributed by atoms with Crippen LogP contribution < -0.4 is 10.9 Å². The van der Waals surface area contributed by atoms with Crippen LogP contribution in [0.1, 0.15) is 16.1 Å². The van der Waals surface area contributed by atoms with Crippen molar-refractivity contribution in [2.75, 3.05) is 5.32 Å². The zero-order valence-corrected chi connectivity index (χ0v) is 11.1. The van der Waals surface area contributed by atoms with Crippen LogP contribution in [0.25, 0.3) is 0 Å². The molecule has 0 aliphatic heterocycles. The number of H-pyrrole nitrogens is 1. The van der Waals surface area contributed by atoms with Crippen molar-refractivity contribution in [1.82, 2.24) is 9.97 Å². The third-order valence-corrected chi connectivity index (χ3v) is 2.83. The molecular weight excluding hydrogens is 298 g/mol. The van der Waals surface area contributed by atoms with Gasteiger partial charge in [0.15, 0.2) is 0 Å². The topological polar surface area (TPSA) is 74.8 Å². The summed E-state index contributed by atoms with van der Waals surface area (Å²) < 4.78 is 0.945. The summed E-state index contributed by atoms with van der Waals surface area (Å²) >= 11 is 3.35. The summed E-state index contributed by atoms with van der Waals surface area (Å²) in [6.45, 7) is 1.89. The number of aryl methyl sites for hydroxylation is 1. The Morgan fingerprint density at radius 1 is 1.44 bits per heavy atom. The average Bonchev–Trinajstić information content (AvgIpc) is 2.33. The maximum absolute atomic E-state index is 11.9. The molecule has 0 radical (unpaired) electrons. The lowest BCUT2D eigenvalue weighted by atomic mass is 10.2. The van der Waals surface area contributed by atoms with Gasteiger partial charge in [0.1, 0.15) is 5.69 Å². The molecule has 1 amide bonds. The van der Waals surface area contributed by atoms with E-state index in [0.29, 0.717) is 5.69 Å². The molecule has 0 bridgehead atoms. The number of hydrogen-bond acceptors (Lipinski definition) is 3. The molecule has 1 aromatic heterocycles. The van der Waals surface area contributed by atoms with E-state index in [2.05, 4.69) is 31.2 Å². The number of nitrogens with one attached hydrogen (secondary N) is 2. The highest BCUT2D eigenvalue weighted by atomic mass is 79.9. The van der Waals surface area contributed by atoms with Gasteiger partial charge < -0.3 is 10.3 Å². The van der Waals surface area contributed by atoms with Crippen LogP contribution >= 0.6 is 15.9 Å². The molecule has 0 unspecified atom stereocenters. The highest BCUT2D eigenvalue weighted by Crippen LogP contribution is 2.20. The van der Waals surface area contributed by atoms with E-state index in [1.54, 1.807) is 6.07 Å². The number of carbonyl (C=O) groups is 1. The van der Waals surface area contributed by atoms with Crippen molar-refractivity contribution in [2.45, 2.75) is 6.92 Å². The largest absolute Gasteiger partial charge is 0.325 e. The van der Waals surface area contributed by atoms with Crippen LogP contribution in [0.2, 0.25) is 0 Å². The Hall–Kier alpha value is -1.95. The Morgan fingerprint density at radius 2 is 2.22 bits per heavy atom. The number of aromatic amines is 1. The van der Waals surface area contributed by atoms with Crippen molar-refractivity contribution in [3.8, 4) is 0 Å². The first-order valence-corrected chi connectivity index (χ1v) is 5.98. The number of benzene rings is 1. The zero-order chi connectivity index (χ0) is 13.1. The molecule has 5 nitrogen and oxygen atoms in total. The predicted molar refractivity (Wildman–Crippen MR) is 71.7 cm³/mol. The molecule has 18 heavy (non-hydrogen) atoms. The van der Waals surface area contributed by atoms with Crippen molar-refractivity contribution in [3.05, 3.63) is 56.7 Å². The number of halogens is 1. The molecule has 1 aromatic carbocycles. The van der Waals surface area contributed by atoms with Gasteiger partial charge in [-0.25, -0.2) is 4.98 Å². The number of rotatable bonds is 2. The lowest BCUT2D eigenvalue weighted by Gasteiger charge is -2.07. The molecule has 0 atom stereocenters. The van der Waals surface area contributed by atoms with Crippen molar-refractivity contribution in [2.24, 2.45) is 0 Å². The smallest absolute Gasteiger partial charge is 0.275 e. The SMILES string of the molecule is Cc1cc(Br)ccc1NC(=O)c1c[nH]c(=O)cn1. The zero-order valence-electron chi connectivity index (χ0n) is 9.53. The van der Waals surface area contributed by atoms with E-state index in [9.17, 15) is 9.59 Å². The lowest BCUT2D eigenvalue weighted by molar-refractivity contribution is 0.102. The second-order valence-corrected chi connectivity index (χ2v) is 4.63. The molecule has 0 saturated heterocycles. The summed E-state index contributed by atoms with van der Waals surface area (Å²) in [7, 11) is 0. The van der Waals surface area contributed by atoms with Crippen LogP contribution in [-0.4, -0.2) is 15.9 Å². The molecule has 92 valence electrons. The fourth-order valence-electron chi connectivity index (χ4n) is 1.42. The second kappa shape index (κ2) is 5.14. The van der Waals surface area contributed by atoms with Crippen molar-refractivity contribution >= 4 is 27.5 Å². The Bertz CT molecular complexity index is 632. The van der Waals surface area contributed by atoms with Gasteiger partial charge in [-0.05, 0) is 30.7 Å². The first-order valence-electron chi connectivity index (χ1n) is 5.18. The number of hydrogen-bond donors (Lipinski definition) is 2. The molecule has 6 heteroatoms. The lowest BCUT2D eigenvalue weighted by Crippen LogP contribution is -2.17. The number of anilines is 1. The maximum atomic E-state index is 11.9. The summed E-state index contributed by atoms with van der Waals surface area (Å²) in [4.78, 5) is 28.9. The average molecular weight is 308 g/mol. The minimum Gasteiger partial charge on any atom is -0.325 e. The van der Waals surface area contributed by atoms with Crippen LogP contribution in [0.5, 0.6) is 0 Å². The Balaban J connectivity index is 2.21. The summed E-state index contributed by atoms with van der Waals surface area (Å²) in [6, 6.07) is 5.53. The van der Waals surface area contributed by atoms with Gasteiger partial charge in [0, 0.05) is 16.4 Å². The van der Waals surface area contributed by atoms with Crippen LogP contribution in [0.3, 0.4) is 0 Å². The summed E-state index contributed by atoms with van der Waals surface area (Å²) in [6.07, 6.45) is 2.36. The molecule has 2 N–H and O–H groups in total. The van der Waals surface area contributed by atoms with Crippen LogP contribution in [-0.2, 0) is 0 Å². The third-order valence-electron chi connectivity index (χ3n) is 2.34. The Labute approximate surface area is 111 Å². The van der Waals surface area contributed by atoms with Crippen molar-refractivity contribution in [3.63, 3.8) is 0 Å². The Morgan fingerprint density at radius 3 is 2.83 bits per heavy atom. The second-order valence-electron chi connectivity index (χ2n) is 3.71. The molecule has 0 aliphatic carbocycles. The van der Waals surface area contributed by atoms with Gasteiger partial charge in [-0.3, -0.25) is 9.59 Å². The summed E-state index contributed by atoms with van der Waals surface area (Å²) in [5, 5.41) is 2.73. The van der Waals surface area contributed by atoms with Crippen LogP contribution in [0.4, 0.5) is 5.69 Å². The fraction of sp³-hybridized carbons (Fsp3) is 0.0833. The van der Waals surface area contributed by atoms with Crippen molar-refractivity contribution in [1.29, 1.82) is 0 Å². The van der Waals surface area contributed by atoms with E-state index < -0.39 is 0 Å². The Kier molecular flexibility index (Phi) is 3.57. The predicted octanol–water partition coefficient (Wildman–Crippen LogP) is 2.09. The molecule has 2 aromatic rings. The van der Waals surface area contributed by atoms with E-state index in [1.807, 2.05) is 19.1 Å². The van der Waals surface area contributed by atoms with Gasteiger partial charge in [-0.15, -0.1) is 0 Å². The maximum Gasteiger partial charge on any atom is 0.275 e. The monoisotopic (exact) mass is 307 g/mol. The van der Waals surface area contributed by atoms with Gasteiger partial charge in [0.05, 0.1) is 6.20 Å². The van der Waals surface area contributed by atoms with Crippen molar-refractivity contribution < 1.29 is 4.79 Å². The van der Waals surface area contributed by atoms with Gasteiger partial charge in [-0.1, -0.05) is 15.9 Å². The molecule has 0 spiro atoms. The molecule has 0 fully saturated rings. The molecule has 0 aliphatic rings. The number of carbonyl (C=O) groups excluding carboxylic acids is 1. The fourth-order valence-corrected chi connectivity index (χ4v) is 1.90. The number of amides is 1. The minimum absolute atomic E-state index is 0.164. The summed E-state index contributed by atoms with van der Waals surface area (Å²) in [5.41, 5.74) is 1.46. The molecule has 2 rings (SSSR count). The first-order chi connectivity index (χ1) is 8.56. The molecule has 1 heterocycles. The molecule has 0 saturated carbocycles. The van der Waals surface area contributed by atoms with Crippen LogP contribution in [0, 0.1) is 6.92 Å². The minimum atomic E-state index is -0.364. The first kappa shape index (κ1) is 12.5. The normalized spacial score (nSPS) is 10.1. The number of nitrogens with zero attached hydrogens (tertiary/aromatic N) is 1. The van der Waals surface area contributed by atoms with Gasteiger partial charge in [0.2, 0.25) is 0 Å². The summed E-state index contributed by atoms with van der Waals surface area (Å²) in [5.74, 6) is -0.364. The van der Waals surface area contributed by atoms with E-state index in [0.717, 1.165) is 16.2 Å². The van der Waals surface area contributed by atoms with E-state index >= 15 is 0 Å². The highest BCUT2D eigenvalue weighted by molar-refractivity contribution is 9.10. The highest BCUT2D eigenvalue weighted by Gasteiger charge is 2.09. The standard InChI is InChI=1S/C12H10BrN3O2/c1-7-4-8(13)2-3-9(7)16-12(18)10-5-15-11(17)6-14-10/h2-6H,1H3,(H,15,17)(H,16,18). The van der Waals surface area contributed by atoms with Gasteiger partial charge in [-0.2, -0.15) is 0 Å².